The van der Waals surface area contributed by atoms with Gasteiger partial charge in [0, 0.05) is 6.54 Å². The fourth-order valence-electron chi connectivity index (χ4n) is 1.61. The van der Waals surface area contributed by atoms with E-state index in [1.165, 1.54) is 0 Å². The maximum atomic E-state index is 11.9. The molecule has 0 heterocycles. The number of nitrogens with two attached hydrogens (primary N) is 1. The van der Waals surface area contributed by atoms with Gasteiger partial charge in [0.05, 0.1) is 16.3 Å². The Labute approximate surface area is 111 Å². The molecule has 0 saturated carbocycles. The summed E-state index contributed by atoms with van der Waals surface area (Å²) in [4.78, 5) is 11.9. The van der Waals surface area contributed by atoms with Gasteiger partial charge in [-0.3, -0.25) is 4.79 Å². The Hall–Kier alpha value is -2.00. The van der Waals surface area contributed by atoms with E-state index in [0.29, 0.717) is 22.8 Å². The summed E-state index contributed by atoms with van der Waals surface area (Å²) in [6.07, 6.45) is 0. The molecule has 4 heteroatoms. The molecule has 0 saturated heterocycles. The highest BCUT2D eigenvalue weighted by Gasteiger charge is 2.10. The molecule has 0 fully saturated rings. The number of carbonyl (C=O) groups excluding carboxylic acids is 1. The molecule has 2 rings (SSSR count). The van der Waals surface area contributed by atoms with Gasteiger partial charge >= 0.3 is 0 Å². The molecule has 18 heavy (non-hydrogen) atoms. The SMILES string of the molecule is Nc1c(Cl)cccc1C(=O)NCc1ccccc1. The van der Waals surface area contributed by atoms with Gasteiger partial charge < -0.3 is 11.1 Å². The Kier molecular flexibility index (Phi) is 3.85. The lowest BCUT2D eigenvalue weighted by atomic mass is 10.1. The number of hydrogen-bond donors (Lipinski definition) is 2. The summed E-state index contributed by atoms with van der Waals surface area (Å²) in [6.45, 7) is 0.464. The van der Waals surface area contributed by atoms with Gasteiger partial charge in [0.15, 0.2) is 0 Å². The summed E-state index contributed by atoms with van der Waals surface area (Å²) >= 11 is 5.87. The van der Waals surface area contributed by atoms with Gasteiger partial charge in [0.1, 0.15) is 0 Å². The van der Waals surface area contributed by atoms with Crippen molar-refractivity contribution in [2.75, 3.05) is 5.73 Å². The van der Waals surface area contributed by atoms with Crippen LogP contribution in [0.2, 0.25) is 5.02 Å². The average molecular weight is 261 g/mol. The first-order valence-electron chi connectivity index (χ1n) is 5.54. The molecule has 2 aromatic rings. The predicted molar refractivity (Wildman–Crippen MR) is 73.5 cm³/mol. The molecule has 0 atom stereocenters. The van der Waals surface area contributed by atoms with Crippen LogP contribution in [0.5, 0.6) is 0 Å². The summed E-state index contributed by atoms with van der Waals surface area (Å²) in [5.74, 6) is -0.223. The number of benzene rings is 2. The van der Waals surface area contributed by atoms with E-state index < -0.39 is 0 Å². The van der Waals surface area contributed by atoms with Gasteiger partial charge in [0.2, 0.25) is 0 Å². The molecule has 0 aromatic heterocycles. The van der Waals surface area contributed by atoms with Crippen LogP contribution in [0.3, 0.4) is 0 Å². The van der Waals surface area contributed by atoms with Crippen LogP contribution >= 0.6 is 11.6 Å². The second-order valence-corrected chi connectivity index (χ2v) is 4.28. The molecule has 0 aliphatic carbocycles. The van der Waals surface area contributed by atoms with Crippen molar-refractivity contribution in [3.8, 4) is 0 Å². The van der Waals surface area contributed by atoms with E-state index >= 15 is 0 Å². The minimum atomic E-state index is -0.223. The van der Waals surface area contributed by atoms with E-state index in [0.717, 1.165) is 5.56 Å². The van der Waals surface area contributed by atoms with E-state index in [1.807, 2.05) is 30.3 Å². The molecular formula is C14H13ClN2O. The third kappa shape index (κ3) is 2.81. The highest BCUT2D eigenvalue weighted by Crippen LogP contribution is 2.22. The van der Waals surface area contributed by atoms with Gasteiger partial charge in [-0.2, -0.15) is 0 Å². The number of halogens is 1. The minimum absolute atomic E-state index is 0.223. The van der Waals surface area contributed by atoms with Crippen molar-refractivity contribution >= 4 is 23.2 Å². The molecule has 0 spiro atoms. The molecular weight excluding hydrogens is 248 g/mol. The Balaban J connectivity index is 2.07. The summed E-state index contributed by atoms with van der Waals surface area (Å²) in [5, 5.41) is 3.20. The Bertz CT molecular complexity index is 555. The molecule has 92 valence electrons. The van der Waals surface area contributed by atoms with Gasteiger partial charge in [-0.05, 0) is 17.7 Å². The fraction of sp³-hybridized carbons (Fsp3) is 0.0714. The Morgan fingerprint density at radius 3 is 2.56 bits per heavy atom. The fourth-order valence-corrected chi connectivity index (χ4v) is 1.78. The lowest BCUT2D eigenvalue weighted by Crippen LogP contribution is -2.23. The van der Waals surface area contributed by atoms with Crippen molar-refractivity contribution in [2.24, 2.45) is 0 Å². The van der Waals surface area contributed by atoms with Crippen molar-refractivity contribution < 1.29 is 4.79 Å². The highest BCUT2D eigenvalue weighted by molar-refractivity contribution is 6.33. The first-order chi connectivity index (χ1) is 8.68. The number of nitrogens with one attached hydrogen (secondary N) is 1. The lowest BCUT2D eigenvalue weighted by Gasteiger charge is -2.08. The van der Waals surface area contributed by atoms with Gasteiger partial charge in [-0.25, -0.2) is 0 Å². The topological polar surface area (TPSA) is 55.1 Å². The van der Waals surface area contributed by atoms with Crippen molar-refractivity contribution in [2.45, 2.75) is 6.54 Å². The van der Waals surface area contributed by atoms with Crippen molar-refractivity contribution in [3.05, 3.63) is 64.7 Å². The molecule has 0 aliphatic heterocycles. The minimum Gasteiger partial charge on any atom is -0.397 e. The summed E-state index contributed by atoms with van der Waals surface area (Å²) < 4.78 is 0. The van der Waals surface area contributed by atoms with Crippen LogP contribution in [0.4, 0.5) is 5.69 Å². The number of hydrogen-bond acceptors (Lipinski definition) is 2. The Morgan fingerprint density at radius 1 is 1.11 bits per heavy atom. The van der Waals surface area contributed by atoms with Gasteiger partial charge in [-0.1, -0.05) is 48.0 Å². The van der Waals surface area contributed by atoms with Crippen LogP contribution < -0.4 is 11.1 Å². The third-order valence-electron chi connectivity index (χ3n) is 2.59. The maximum Gasteiger partial charge on any atom is 0.253 e. The number of anilines is 1. The lowest BCUT2D eigenvalue weighted by molar-refractivity contribution is 0.0952. The molecule has 2 aromatic carbocycles. The number of nitrogen functional groups attached to an aromatic ring is 1. The largest absolute Gasteiger partial charge is 0.397 e. The van der Waals surface area contributed by atoms with Crippen molar-refractivity contribution in [1.82, 2.24) is 5.32 Å². The van der Waals surface area contributed by atoms with E-state index in [1.54, 1.807) is 18.2 Å². The average Bonchev–Trinajstić information content (AvgIpc) is 2.40. The van der Waals surface area contributed by atoms with Crippen molar-refractivity contribution in [3.63, 3.8) is 0 Å². The summed E-state index contributed by atoms with van der Waals surface area (Å²) in [7, 11) is 0. The molecule has 0 bridgehead atoms. The first-order valence-corrected chi connectivity index (χ1v) is 5.92. The number of para-hydroxylation sites is 1. The van der Waals surface area contributed by atoms with Crippen LogP contribution in [-0.2, 0) is 6.54 Å². The highest BCUT2D eigenvalue weighted by atomic mass is 35.5. The Morgan fingerprint density at radius 2 is 1.83 bits per heavy atom. The van der Waals surface area contributed by atoms with Gasteiger partial charge in [0.25, 0.3) is 5.91 Å². The molecule has 0 aliphatic rings. The van der Waals surface area contributed by atoms with E-state index in [2.05, 4.69) is 5.32 Å². The molecule has 1 amide bonds. The van der Waals surface area contributed by atoms with E-state index in [9.17, 15) is 4.79 Å². The molecule has 0 unspecified atom stereocenters. The quantitative estimate of drug-likeness (QED) is 0.834. The summed E-state index contributed by atoms with van der Waals surface area (Å²) in [6, 6.07) is 14.7. The number of amides is 1. The molecule has 3 nitrogen and oxygen atoms in total. The molecule has 0 radical (unpaired) electrons. The van der Waals surface area contributed by atoms with E-state index in [-0.39, 0.29) is 5.91 Å². The number of carbonyl (C=O) groups is 1. The van der Waals surface area contributed by atoms with Crippen LogP contribution in [0.25, 0.3) is 0 Å². The molecule has 3 N–H and O–H groups in total. The van der Waals surface area contributed by atoms with Crippen LogP contribution in [0.15, 0.2) is 48.5 Å². The second-order valence-electron chi connectivity index (χ2n) is 3.87. The monoisotopic (exact) mass is 260 g/mol. The predicted octanol–water partition coefficient (Wildman–Crippen LogP) is 2.85. The first kappa shape index (κ1) is 12.5. The zero-order valence-corrected chi connectivity index (χ0v) is 10.4. The zero-order valence-electron chi connectivity index (χ0n) is 9.69. The van der Waals surface area contributed by atoms with Gasteiger partial charge in [-0.15, -0.1) is 0 Å². The number of rotatable bonds is 3. The van der Waals surface area contributed by atoms with Crippen LogP contribution in [-0.4, -0.2) is 5.91 Å². The van der Waals surface area contributed by atoms with Crippen LogP contribution in [0, 0.1) is 0 Å². The summed E-state index contributed by atoms with van der Waals surface area (Å²) in [5.41, 5.74) is 7.50. The standard InChI is InChI=1S/C14H13ClN2O/c15-12-8-4-7-11(13(12)16)14(18)17-9-10-5-2-1-3-6-10/h1-8H,9,16H2,(H,17,18). The van der Waals surface area contributed by atoms with Crippen molar-refractivity contribution in [1.29, 1.82) is 0 Å². The maximum absolute atomic E-state index is 11.9. The second kappa shape index (κ2) is 5.56. The third-order valence-corrected chi connectivity index (χ3v) is 2.92. The smallest absolute Gasteiger partial charge is 0.253 e. The zero-order chi connectivity index (χ0) is 13.0. The van der Waals surface area contributed by atoms with Crippen LogP contribution in [0.1, 0.15) is 15.9 Å². The normalized spacial score (nSPS) is 10.1. The van der Waals surface area contributed by atoms with E-state index in [4.69, 9.17) is 17.3 Å².